The molecule has 1 aliphatic carbocycles. The number of nitrogens with two attached hydrogens (primary N) is 1. The van der Waals surface area contributed by atoms with Crippen molar-refractivity contribution in [2.75, 3.05) is 13.1 Å². The molecule has 136 valence electrons. The first-order valence-corrected chi connectivity index (χ1v) is 9.61. The van der Waals surface area contributed by atoms with Gasteiger partial charge in [0.05, 0.1) is 29.5 Å². The zero-order valence-electron chi connectivity index (χ0n) is 15.3. The van der Waals surface area contributed by atoms with Crippen molar-refractivity contribution < 1.29 is 0 Å². The number of hydrogen-bond donors (Lipinski definition) is 1. The fraction of sp³-hybridized carbons (Fsp3) is 0.381. The highest BCUT2D eigenvalue weighted by Crippen LogP contribution is 2.54. The average molecular weight is 422 g/mol. The Kier molecular flexibility index (Phi) is 5.11. The summed E-state index contributed by atoms with van der Waals surface area (Å²) in [6.07, 6.45) is 2.00. The maximum absolute atomic E-state index is 9.87. The molecule has 0 saturated carbocycles. The molecule has 2 atom stereocenters. The van der Waals surface area contributed by atoms with E-state index in [9.17, 15) is 10.5 Å². The van der Waals surface area contributed by atoms with Crippen LogP contribution >= 0.6 is 15.9 Å². The molecule has 0 aromatic heterocycles. The minimum atomic E-state index is -1.43. The molecule has 1 heterocycles. The first-order valence-electron chi connectivity index (χ1n) is 8.82. The summed E-state index contributed by atoms with van der Waals surface area (Å²) in [5.41, 5.74) is 7.57. The van der Waals surface area contributed by atoms with Crippen LogP contribution in [-0.2, 0) is 0 Å². The predicted octanol–water partition coefficient (Wildman–Crippen LogP) is 3.52. The van der Waals surface area contributed by atoms with Gasteiger partial charge < -0.3 is 5.73 Å². The number of hydrogen-bond acceptors (Lipinski definition) is 5. The molecule has 0 bridgehead atoms. The number of fused-ring (bicyclic) bond motifs is 1. The Balaban J connectivity index is 2.20. The summed E-state index contributed by atoms with van der Waals surface area (Å²) in [6.45, 7) is 5.71. The molecule has 1 aliphatic heterocycles. The molecule has 0 radical (unpaired) electrons. The first-order chi connectivity index (χ1) is 12.9. The molecule has 5 nitrogen and oxygen atoms in total. The number of nitrogens with zero attached hydrogens (tertiary/aromatic N) is 4. The lowest BCUT2D eigenvalue weighted by Gasteiger charge is -2.46. The van der Waals surface area contributed by atoms with Crippen molar-refractivity contribution in [3.8, 4) is 18.2 Å². The van der Waals surface area contributed by atoms with Gasteiger partial charge in [0, 0.05) is 35.4 Å². The van der Waals surface area contributed by atoms with Gasteiger partial charge in [-0.1, -0.05) is 34.1 Å². The number of allylic oxidation sites excluding steroid dienone is 2. The van der Waals surface area contributed by atoms with Gasteiger partial charge in [-0.25, -0.2) is 0 Å². The highest BCUT2D eigenvalue weighted by atomic mass is 79.9. The van der Waals surface area contributed by atoms with Gasteiger partial charge in [-0.05, 0) is 37.1 Å². The lowest BCUT2D eigenvalue weighted by atomic mass is 9.62. The Morgan fingerprint density at radius 2 is 1.81 bits per heavy atom. The van der Waals surface area contributed by atoms with Crippen LogP contribution in [0.2, 0.25) is 0 Å². The fourth-order valence-electron chi connectivity index (χ4n) is 4.03. The molecule has 0 amide bonds. The van der Waals surface area contributed by atoms with Crippen LogP contribution in [0.3, 0.4) is 0 Å². The predicted molar refractivity (Wildman–Crippen MR) is 106 cm³/mol. The number of nitriles is 3. The molecular weight excluding hydrogens is 402 g/mol. The molecule has 0 saturated heterocycles. The van der Waals surface area contributed by atoms with E-state index in [-0.39, 0.29) is 17.5 Å². The highest BCUT2D eigenvalue weighted by molar-refractivity contribution is 9.11. The van der Waals surface area contributed by atoms with E-state index in [1.54, 1.807) is 12.1 Å². The van der Waals surface area contributed by atoms with Gasteiger partial charge in [0.15, 0.2) is 0 Å². The van der Waals surface area contributed by atoms with Crippen LogP contribution in [0.1, 0.15) is 30.9 Å². The Bertz CT molecular complexity index is 923. The van der Waals surface area contributed by atoms with Crippen molar-refractivity contribution in [2.45, 2.75) is 25.8 Å². The topological polar surface area (TPSA) is 101 Å². The number of benzene rings is 1. The summed E-state index contributed by atoms with van der Waals surface area (Å²) in [6, 6.07) is 14.3. The van der Waals surface area contributed by atoms with E-state index in [0.29, 0.717) is 22.6 Å². The van der Waals surface area contributed by atoms with Crippen LogP contribution < -0.4 is 5.73 Å². The van der Waals surface area contributed by atoms with Gasteiger partial charge in [-0.2, -0.15) is 15.8 Å². The quantitative estimate of drug-likeness (QED) is 0.735. The second-order valence-corrected chi connectivity index (χ2v) is 8.11. The Morgan fingerprint density at radius 3 is 2.33 bits per heavy atom. The third-order valence-electron chi connectivity index (χ3n) is 5.61. The second kappa shape index (κ2) is 7.20. The molecule has 2 aliphatic rings. The fourth-order valence-corrected chi connectivity index (χ4v) is 4.91. The minimum Gasteiger partial charge on any atom is -0.399 e. The molecule has 2 N–H and O–H groups in total. The lowest BCUT2D eigenvalue weighted by Crippen LogP contribution is -2.48. The molecule has 1 aromatic carbocycles. The average Bonchev–Trinajstić information content (AvgIpc) is 2.69. The molecule has 1 aromatic rings. The molecule has 0 fully saturated rings. The molecule has 0 spiro atoms. The molecule has 0 unspecified atom stereocenters. The van der Waals surface area contributed by atoms with E-state index < -0.39 is 5.41 Å². The number of rotatable bonds is 2. The monoisotopic (exact) mass is 421 g/mol. The van der Waals surface area contributed by atoms with Crippen LogP contribution in [0.25, 0.3) is 0 Å². The van der Waals surface area contributed by atoms with Gasteiger partial charge in [0.25, 0.3) is 0 Å². The summed E-state index contributed by atoms with van der Waals surface area (Å²) in [7, 11) is 0. The smallest absolute Gasteiger partial charge is 0.204 e. The summed E-state index contributed by atoms with van der Waals surface area (Å²) in [5, 5.41) is 28.8. The molecular formula is C21H20BrN5. The zero-order valence-corrected chi connectivity index (χ0v) is 16.9. The van der Waals surface area contributed by atoms with E-state index in [0.717, 1.165) is 17.7 Å². The maximum atomic E-state index is 9.87. The lowest BCUT2D eigenvalue weighted by molar-refractivity contribution is 0.187. The SMILES string of the molecule is CC(C)N1CC=C2[C@H](C1)[C@@H](c1ccc(C#N)cc1)C(Br)=C(N)C2(C#N)C#N. The van der Waals surface area contributed by atoms with E-state index in [1.807, 2.05) is 18.2 Å². The Morgan fingerprint density at radius 1 is 1.19 bits per heavy atom. The van der Waals surface area contributed by atoms with E-state index in [2.05, 4.69) is 52.9 Å². The normalized spacial score (nSPS) is 24.4. The Labute approximate surface area is 168 Å². The first kappa shape index (κ1) is 19.2. The van der Waals surface area contributed by atoms with Crippen LogP contribution in [0.15, 0.2) is 46.1 Å². The third-order valence-corrected chi connectivity index (χ3v) is 6.53. The van der Waals surface area contributed by atoms with E-state index >= 15 is 0 Å². The standard InChI is InChI=1S/C21H20BrN5/c1-13(2)27-8-7-17-16(10-27)18(15-5-3-14(9-23)4-6-15)19(22)20(26)21(17,11-24)12-25/h3-7,13,16,18H,8,10,26H2,1-2H3/t16-,18+/m0/s1. The summed E-state index contributed by atoms with van der Waals surface area (Å²) < 4.78 is 0.683. The van der Waals surface area contributed by atoms with Crippen molar-refractivity contribution in [2.24, 2.45) is 17.1 Å². The van der Waals surface area contributed by atoms with Crippen molar-refractivity contribution in [3.63, 3.8) is 0 Å². The molecule has 3 rings (SSSR count). The van der Waals surface area contributed by atoms with Gasteiger partial charge >= 0.3 is 0 Å². The van der Waals surface area contributed by atoms with Crippen molar-refractivity contribution >= 4 is 15.9 Å². The van der Waals surface area contributed by atoms with Gasteiger partial charge in [-0.3, -0.25) is 4.90 Å². The number of halogens is 1. The third kappa shape index (κ3) is 2.94. The summed E-state index contributed by atoms with van der Waals surface area (Å²) in [4.78, 5) is 2.33. The molecule has 6 heteroatoms. The zero-order chi connectivity index (χ0) is 19.8. The van der Waals surface area contributed by atoms with Crippen LogP contribution in [-0.4, -0.2) is 24.0 Å². The van der Waals surface area contributed by atoms with Crippen molar-refractivity contribution in [1.82, 2.24) is 4.90 Å². The van der Waals surface area contributed by atoms with Crippen molar-refractivity contribution in [1.29, 1.82) is 15.8 Å². The van der Waals surface area contributed by atoms with Gasteiger partial charge in [0.2, 0.25) is 5.41 Å². The van der Waals surface area contributed by atoms with Crippen LogP contribution in [0, 0.1) is 45.3 Å². The minimum absolute atomic E-state index is 0.0462. The Hall–Kier alpha value is -2.59. The van der Waals surface area contributed by atoms with Gasteiger partial charge in [0.1, 0.15) is 0 Å². The second-order valence-electron chi connectivity index (χ2n) is 7.26. The summed E-state index contributed by atoms with van der Waals surface area (Å²) in [5.74, 6) is -0.143. The largest absolute Gasteiger partial charge is 0.399 e. The van der Waals surface area contributed by atoms with Crippen LogP contribution in [0.4, 0.5) is 0 Å². The van der Waals surface area contributed by atoms with E-state index in [1.165, 1.54) is 0 Å². The van der Waals surface area contributed by atoms with E-state index in [4.69, 9.17) is 11.0 Å². The van der Waals surface area contributed by atoms with Crippen molar-refractivity contribution in [3.05, 3.63) is 57.2 Å². The van der Waals surface area contributed by atoms with Gasteiger partial charge in [-0.15, -0.1) is 0 Å². The van der Waals surface area contributed by atoms with Crippen LogP contribution in [0.5, 0.6) is 0 Å². The summed E-state index contributed by atoms with van der Waals surface area (Å²) >= 11 is 3.61. The molecule has 27 heavy (non-hydrogen) atoms. The maximum Gasteiger partial charge on any atom is 0.204 e. The highest BCUT2D eigenvalue weighted by Gasteiger charge is 2.51.